The number of hydrogen-bond acceptors (Lipinski definition) is 3. The van der Waals surface area contributed by atoms with Gasteiger partial charge in [0.25, 0.3) is 0 Å². The molecule has 5 aromatic rings. The normalized spacial score (nSPS) is 11.5. The van der Waals surface area contributed by atoms with Crippen molar-refractivity contribution in [2.45, 2.75) is 13.8 Å². The van der Waals surface area contributed by atoms with Crippen LogP contribution in [0.2, 0.25) is 0 Å². The predicted octanol–water partition coefficient (Wildman–Crippen LogP) is 4.79. The maximum Gasteiger partial charge on any atom is 0.104 e. The van der Waals surface area contributed by atoms with Gasteiger partial charge in [-0.15, -0.1) is 0 Å². The van der Waals surface area contributed by atoms with Gasteiger partial charge >= 0.3 is 0 Å². The van der Waals surface area contributed by atoms with Crippen molar-refractivity contribution < 1.29 is 0 Å². The van der Waals surface area contributed by atoms with E-state index in [2.05, 4.69) is 67.4 Å². The van der Waals surface area contributed by atoms with Gasteiger partial charge in [0.15, 0.2) is 0 Å². The molecule has 0 radical (unpaired) electrons. The van der Waals surface area contributed by atoms with Gasteiger partial charge in [0.05, 0.1) is 27.8 Å². The largest absolute Gasteiger partial charge is 0.342 e. The van der Waals surface area contributed by atoms with Crippen molar-refractivity contribution in [2.24, 2.45) is 0 Å². The Labute approximate surface area is 150 Å². The van der Waals surface area contributed by atoms with Crippen molar-refractivity contribution in [3.05, 3.63) is 66.4 Å². The Morgan fingerprint density at radius 1 is 0.654 bits per heavy atom. The van der Waals surface area contributed by atoms with E-state index in [1.54, 1.807) is 0 Å². The highest BCUT2D eigenvalue weighted by Crippen LogP contribution is 2.26. The molecule has 0 aliphatic heterocycles. The van der Waals surface area contributed by atoms with E-state index in [9.17, 15) is 0 Å². The van der Waals surface area contributed by atoms with Crippen LogP contribution in [0, 0.1) is 13.8 Å². The molecular weight excluding hydrogens is 322 g/mol. The number of H-pyrrole nitrogens is 2. The third-order valence-electron chi connectivity index (χ3n) is 4.60. The van der Waals surface area contributed by atoms with E-state index in [0.717, 1.165) is 56.1 Å². The number of benzene rings is 2. The molecule has 0 amide bonds. The first-order valence-electron chi connectivity index (χ1n) is 8.55. The molecule has 126 valence electrons. The van der Waals surface area contributed by atoms with Gasteiger partial charge in [0.1, 0.15) is 11.6 Å². The SMILES string of the molecule is Cc1nc2cc(-c3ccc(-c4ccc5[nH]c(C)nc5c4)nc3)ccc2[nH]1. The second-order valence-corrected chi connectivity index (χ2v) is 6.54. The van der Waals surface area contributed by atoms with Gasteiger partial charge in [-0.2, -0.15) is 0 Å². The monoisotopic (exact) mass is 339 g/mol. The summed E-state index contributed by atoms with van der Waals surface area (Å²) >= 11 is 0. The number of aromatic nitrogens is 5. The second kappa shape index (κ2) is 5.52. The molecule has 0 bridgehead atoms. The number of aromatic amines is 2. The lowest BCUT2D eigenvalue weighted by molar-refractivity contribution is 1.17. The predicted molar refractivity (Wildman–Crippen MR) is 104 cm³/mol. The number of rotatable bonds is 2. The average molecular weight is 339 g/mol. The summed E-state index contributed by atoms with van der Waals surface area (Å²) in [5, 5.41) is 0. The van der Waals surface area contributed by atoms with E-state index < -0.39 is 0 Å². The fraction of sp³-hybridized carbons (Fsp3) is 0.0952. The van der Waals surface area contributed by atoms with Crippen LogP contribution in [0.1, 0.15) is 11.6 Å². The van der Waals surface area contributed by atoms with E-state index in [4.69, 9.17) is 0 Å². The maximum atomic E-state index is 4.66. The highest BCUT2D eigenvalue weighted by molar-refractivity contribution is 5.83. The zero-order valence-electron chi connectivity index (χ0n) is 14.5. The minimum absolute atomic E-state index is 0.921. The molecule has 3 aromatic heterocycles. The molecule has 5 rings (SSSR count). The van der Waals surface area contributed by atoms with Gasteiger partial charge in [0, 0.05) is 17.3 Å². The molecule has 0 unspecified atom stereocenters. The zero-order chi connectivity index (χ0) is 17.7. The first-order chi connectivity index (χ1) is 12.7. The summed E-state index contributed by atoms with van der Waals surface area (Å²) in [6.07, 6.45) is 1.91. The number of nitrogens with zero attached hydrogens (tertiary/aromatic N) is 3. The lowest BCUT2D eigenvalue weighted by Gasteiger charge is -2.04. The molecule has 2 aromatic carbocycles. The van der Waals surface area contributed by atoms with E-state index >= 15 is 0 Å². The Bertz CT molecular complexity index is 1150. The van der Waals surface area contributed by atoms with Gasteiger partial charge in [0.2, 0.25) is 0 Å². The number of aryl methyl sites for hydroxylation is 2. The molecule has 26 heavy (non-hydrogen) atoms. The highest BCUT2D eigenvalue weighted by atomic mass is 14.9. The molecule has 0 aliphatic carbocycles. The first kappa shape index (κ1) is 14.8. The number of fused-ring (bicyclic) bond motifs is 2. The number of imidazole rings is 2. The summed E-state index contributed by atoms with van der Waals surface area (Å²) < 4.78 is 0. The van der Waals surface area contributed by atoms with Crippen molar-refractivity contribution in [1.82, 2.24) is 24.9 Å². The molecular formula is C21H17N5. The molecule has 0 saturated carbocycles. The summed E-state index contributed by atoms with van der Waals surface area (Å²) in [4.78, 5) is 20.2. The van der Waals surface area contributed by atoms with Crippen molar-refractivity contribution >= 4 is 22.1 Å². The summed E-state index contributed by atoms with van der Waals surface area (Å²) in [6, 6.07) is 16.6. The minimum atomic E-state index is 0.921. The number of pyridine rings is 1. The summed E-state index contributed by atoms with van der Waals surface area (Å²) in [6.45, 7) is 3.93. The van der Waals surface area contributed by atoms with Crippen LogP contribution in [0.4, 0.5) is 0 Å². The summed E-state index contributed by atoms with van der Waals surface area (Å²) in [7, 11) is 0. The molecule has 0 saturated heterocycles. The van der Waals surface area contributed by atoms with Gasteiger partial charge in [-0.05, 0) is 49.7 Å². The van der Waals surface area contributed by atoms with Crippen LogP contribution in [-0.2, 0) is 0 Å². The fourth-order valence-electron chi connectivity index (χ4n) is 3.34. The van der Waals surface area contributed by atoms with E-state index in [-0.39, 0.29) is 0 Å². The lowest BCUT2D eigenvalue weighted by atomic mass is 10.0. The van der Waals surface area contributed by atoms with Crippen molar-refractivity contribution in [3.63, 3.8) is 0 Å². The van der Waals surface area contributed by atoms with Gasteiger partial charge in [-0.3, -0.25) is 4.98 Å². The van der Waals surface area contributed by atoms with E-state index in [1.165, 1.54) is 0 Å². The third kappa shape index (κ3) is 2.45. The van der Waals surface area contributed by atoms with Crippen molar-refractivity contribution in [1.29, 1.82) is 0 Å². The van der Waals surface area contributed by atoms with E-state index in [1.807, 2.05) is 26.1 Å². The topological polar surface area (TPSA) is 70.2 Å². The Kier molecular flexibility index (Phi) is 3.15. The molecule has 2 N–H and O–H groups in total. The molecule has 0 spiro atoms. The van der Waals surface area contributed by atoms with E-state index in [0.29, 0.717) is 0 Å². The molecule has 5 nitrogen and oxygen atoms in total. The van der Waals surface area contributed by atoms with Crippen molar-refractivity contribution in [2.75, 3.05) is 0 Å². The van der Waals surface area contributed by atoms with Gasteiger partial charge in [-0.1, -0.05) is 18.2 Å². The molecule has 3 heterocycles. The smallest absolute Gasteiger partial charge is 0.104 e. The molecule has 0 fully saturated rings. The molecule has 5 heteroatoms. The van der Waals surface area contributed by atoms with Crippen LogP contribution in [0.5, 0.6) is 0 Å². The van der Waals surface area contributed by atoms with Crippen LogP contribution in [-0.4, -0.2) is 24.9 Å². The van der Waals surface area contributed by atoms with Crippen LogP contribution in [0.25, 0.3) is 44.5 Å². The van der Waals surface area contributed by atoms with Crippen molar-refractivity contribution in [3.8, 4) is 22.4 Å². The quantitative estimate of drug-likeness (QED) is 0.486. The molecule has 0 aliphatic rings. The standard InChI is InChI=1S/C21H17N5/c1-12-23-18-7-3-14(9-20(18)25-12)16-5-6-17(22-11-16)15-4-8-19-21(10-15)26-13(2)24-19/h3-11H,1-2H3,(H,23,25)(H,24,26). The average Bonchev–Trinajstić information content (AvgIpc) is 3.20. The first-order valence-corrected chi connectivity index (χ1v) is 8.55. The number of nitrogens with one attached hydrogen (secondary N) is 2. The van der Waals surface area contributed by atoms with Gasteiger partial charge in [-0.25, -0.2) is 9.97 Å². The van der Waals surface area contributed by atoms with Crippen LogP contribution in [0.15, 0.2) is 54.7 Å². The zero-order valence-corrected chi connectivity index (χ0v) is 14.5. The van der Waals surface area contributed by atoms with Crippen LogP contribution >= 0.6 is 0 Å². The Morgan fingerprint density at radius 2 is 1.23 bits per heavy atom. The number of hydrogen-bond donors (Lipinski definition) is 2. The Hall–Kier alpha value is -3.47. The van der Waals surface area contributed by atoms with Gasteiger partial charge < -0.3 is 9.97 Å². The minimum Gasteiger partial charge on any atom is -0.342 e. The summed E-state index contributed by atoms with van der Waals surface area (Å²) in [5.41, 5.74) is 8.23. The Balaban J connectivity index is 1.52. The van der Waals surface area contributed by atoms with Crippen LogP contribution < -0.4 is 0 Å². The summed E-state index contributed by atoms with van der Waals surface area (Å²) in [5.74, 6) is 1.85. The second-order valence-electron chi connectivity index (χ2n) is 6.54. The molecule has 0 atom stereocenters. The maximum absolute atomic E-state index is 4.66. The Morgan fingerprint density at radius 3 is 1.85 bits per heavy atom. The fourth-order valence-corrected chi connectivity index (χ4v) is 3.34. The third-order valence-corrected chi connectivity index (χ3v) is 4.60. The van der Waals surface area contributed by atoms with Crippen LogP contribution in [0.3, 0.4) is 0 Å². The highest BCUT2D eigenvalue weighted by Gasteiger charge is 2.07. The lowest BCUT2D eigenvalue weighted by Crippen LogP contribution is -1.86.